The molecule has 0 atom stereocenters. The van der Waals surface area contributed by atoms with Crippen LogP contribution in [0.4, 0.5) is 10.1 Å². The fraction of sp³-hybridized carbons (Fsp3) is 0.222. The topological polar surface area (TPSA) is 106 Å². The van der Waals surface area contributed by atoms with Crippen molar-refractivity contribution in [1.29, 1.82) is 0 Å². The first-order chi connectivity index (χ1) is 7.75. The maximum absolute atomic E-state index is 13.4. The van der Waals surface area contributed by atoms with Crippen molar-refractivity contribution in [2.45, 2.75) is 4.90 Å². The van der Waals surface area contributed by atoms with Crippen LogP contribution in [-0.2, 0) is 14.8 Å². The summed E-state index contributed by atoms with van der Waals surface area (Å²) in [6.07, 6.45) is 0. The van der Waals surface area contributed by atoms with Crippen LogP contribution in [0.3, 0.4) is 0 Å². The Bertz CT molecular complexity index is 544. The Labute approximate surface area is 98.1 Å². The van der Waals surface area contributed by atoms with Crippen molar-refractivity contribution in [3.05, 3.63) is 24.0 Å². The number of hydrogen-bond donors (Lipinski definition) is 2. The molecule has 0 saturated heterocycles. The quantitative estimate of drug-likeness (QED) is 0.713. The Hall–Kier alpha value is -1.67. The molecule has 4 N–H and O–H groups in total. The molecule has 94 valence electrons. The summed E-state index contributed by atoms with van der Waals surface area (Å²) in [5, 5.41) is 0. The highest BCUT2D eigenvalue weighted by atomic mass is 32.2. The second-order valence-corrected chi connectivity index (χ2v) is 5.43. The van der Waals surface area contributed by atoms with E-state index in [2.05, 4.69) is 0 Å². The number of hydrogen-bond acceptors (Lipinski definition) is 4. The van der Waals surface area contributed by atoms with E-state index in [0.717, 1.165) is 19.2 Å². The zero-order valence-corrected chi connectivity index (χ0v) is 9.87. The molecule has 0 aliphatic heterocycles. The summed E-state index contributed by atoms with van der Waals surface area (Å²) in [4.78, 5) is 10.1. The van der Waals surface area contributed by atoms with Gasteiger partial charge in [-0.25, -0.2) is 12.8 Å². The van der Waals surface area contributed by atoms with Crippen LogP contribution in [0.5, 0.6) is 0 Å². The van der Waals surface area contributed by atoms with Gasteiger partial charge in [-0.2, -0.15) is 4.31 Å². The lowest BCUT2D eigenvalue weighted by molar-refractivity contribution is -0.118. The zero-order chi connectivity index (χ0) is 13.2. The molecule has 1 aromatic carbocycles. The smallest absolute Gasteiger partial charge is 0.246 e. The molecule has 17 heavy (non-hydrogen) atoms. The number of nitrogens with zero attached hydrogens (tertiary/aromatic N) is 1. The van der Waals surface area contributed by atoms with Crippen molar-refractivity contribution in [3.63, 3.8) is 0 Å². The van der Waals surface area contributed by atoms with Gasteiger partial charge in [0.2, 0.25) is 15.9 Å². The van der Waals surface area contributed by atoms with Crippen LogP contribution in [0, 0.1) is 5.82 Å². The molecule has 8 heteroatoms. The van der Waals surface area contributed by atoms with Gasteiger partial charge in [-0.1, -0.05) is 0 Å². The second-order valence-electron chi connectivity index (χ2n) is 3.42. The van der Waals surface area contributed by atoms with Gasteiger partial charge in [-0.15, -0.1) is 0 Å². The lowest BCUT2D eigenvalue weighted by Gasteiger charge is -2.15. The molecule has 0 saturated carbocycles. The predicted molar refractivity (Wildman–Crippen MR) is 59.8 cm³/mol. The highest BCUT2D eigenvalue weighted by Crippen LogP contribution is 2.20. The summed E-state index contributed by atoms with van der Waals surface area (Å²) in [6.45, 7) is -0.522. The molecule has 6 nitrogen and oxygen atoms in total. The van der Waals surface area contributed by atoms with Gasteiger partial charge in [0, 0.05) is 12.7 Å². The van der Waals surface area contributed by atoms with Crippen LogP contribution in [0.25, 0.3) is 0 Å². The number of carbonyl (C=O) groups is 1. The number of benzene rings is 1. The fourth-order valence-corrected chi connectivity index (χ4v) is 2.38. The normalized spacial score (nSPS) is 11.7. The first-order valence-corrected chi connectivity index (χ1v) is 5.99. The standard InChI is InChI=1S/C9H12FN3O3S/c1-13(5-9(12)14)17(15,16)8-3-2-6(11)4-7(8)10/h2-4H,5,11H2,1H3,(H2,12,14). The zero-order valence-electron chi connectivity index (χ0n) is 9.05. The minimum atomic E-state index is -4.08. The monoisotopic (exact) mass is 261 g/mol. The molecule has 0 spiro atoms. The third-order valence-electron chi connectivity index (χ3n) is 2.02. The van der Waals surface area contributed by atoms with E-state index in [0.29, 0.717) is 4.31 Å². The lowest BCUT2D eigenvalue weighted by Crippen LogP contribution is -2.35. The van der Waals surface area contributed by atoms with Crippen LogP contribution < -0.4 is 11.5 Å². The number of halogens is 1. The molecule has 0 heterocycles. The van der Waals surface area contributed by atoms with E-state index in [-0.39, 0.29) is 5.69 Å². The molecule has 0 fully saturated rings. The van der Waals surface area contributed by atoms with Crippen molar-refractivity contribution in [2.75, 3.05) is 19.3 Å². The number of carbonyl (C=O) groups excluding carboxylic acids is 1. The van der Waals surface area contributed by atoms with Crippen LogP contribution in [0.1, 0.15) is 0 Å². The summed E-state index contributed by atoms with van der Waals surface area (Å²) in [6, 6.07) is 3.19. The van der Waals surface area contributed by atoms with Gasteiger partial charge >= 0.3 is 0 Å². The highest BCUT2D eigenvalue weighted by Gasteiger charge is 2.25. The second kappa shape index (κ2) is 4.68. The molecule has 1 amide bonds. The fourth-order valence-electron chi connectivity index (χ4n) is 1.20. The predicted octanol–water partition coefficient (Wildman–Crippen LogP) is -0.486. The Morgan fingerprint density at radius 1 is 1.47 bits per heavy atom. The van der Waals surface area contributed by atoms with Gasteiger partial charge in [0.05, 0.1) is 6.54 Å². The Morgan fingerprint density at radius 2 is 2.06 bits per heavy atom. The Balaban J connectivity index is 3.17. The van der Waals surface area contributed by atoms with E-state index in [1.165, 1.54) is 6.07 Å². The molecule has 0 aliphatic rings. The number of primary amides is 1. The first-order valence-electron chi connectivity index (χ1n) is 4.55. The largest absolute Gasteiger partial charge is 0.399 e. The number of nitrogen functional groups attached to an aromatic ring is 1. The summed E-state index contributed by atoms with van der Waals surface area (Å²) in [5.41, 5.74) is 10.3. The Morgan fingerprint density at radius 3 is 2.53 bits per heavy atom. The summed E-state index contributed by atoms with van der Waals surface area (Å²) < 4.78 is 37.8. The first kappa shape index (κ1) is 13.4. The van der Waals surface area contributed by atoms with Crippen LogP contribution >= 0.6 is 0 Å². The molecular formula is C9H12FN3O3S. The van der Waals surface area contributed by atoms with Crippen LogP contribution in [0.2, 0.25) is 0 Å². The molecule has 0 aromatic heterocycles. The van der Waals surface area contributed by atoms with Crippen molar-refractivity contribution >= 4 is 21.6 Å². The van der Waals surface area contributed by atoms with Gasteiger partial charge in [-0.3, -0.25) is 4.79 Å². The minimum absolute atomic E-state index is 0.110. The molecule has 0 bridgehead atoms. The average Bonchev–Trinajstić information content (AvgIpc) is 2.15. The minimum Gasteiger partial charge on any atom is -0.399 e. The summed E-state index contributed by atoms with van der Waals surface area (Å²) >= 11 is 0. The van der Waals surface area contributed by atoms with E-state index >= 15 is 0 Å². The molecule has 0 unspecified atom stereocenters. The third kappa shape index (κ3) is 2.92. The van der Waals surface area contributed by atoms with Crippen molar-refractivity contribution in [1.82, 2.24) is 4.31 Å². The van der Waals surface area contributed by atoms with E-state index in [1.807, 2.05) is 0 Å². The van der Waals surface area contributed by atoms with Gasteiger partial charge in [0.15, 0.2) is 0 Å². The SMILES string of the molecule is CN(CC(N)=O)S(=O)(=O)c1ccc(N)cc1F. The lowest BCUT2D eigenvalue weighted by atomic mass is 10.3. The Kier molecular flexibility index (Phi) is 3.69. The average molecular weight is 261 g/mol. The summed E-state index contributed by atoms with van der Waals surface area (Å²) in [7, 11) is -2.94. The number of sulfonamides is 1. The van der Waals surface area contributed by atoms with Crippen LogP contribution in [-0.4, -0.2) is 32.2 Å². The van der Waals surface area contributed by atoms with E-state index in [4.69, 9.17) is 11.5 Å². The van der Waals surface area contributed by atoms with Gasteiger partial charge in [-0.05, 0) is 18.2 Å². The number of rotatable bonds is 4. The number of nitrogens with two attached hydrogens (primary N) is 2. The van der Waals surface area contributed by atoms with Crippen molar-refractivity contribution in [2.24, 2.45) is 5.73 Å². The third-order valence-corrected chi connectivity index (χ3v) is 3.86. The van der Waals surface area contributed by atoms with Crippen molar-refractivity contribution in [3.8, 4) is 0 Å². The highest BCUT2D eigenvalue weighted by molar-refractivity contribution is 7.89. The molecule has 0 radical (unpaired) electrons. The summed E-state index contributed by atoms with van der Waals surface area (Å²) in [5.74, 6) is -1.80. The van der Waals surface area contributed by atoms with E-state index < -0.39 is 33.2 Å². The molecule has 1 aromatic rings. The maximum atomic E-state index is 13.4. The molecule has 0 aliphatic carbocycles. The van der Waals surface area contributed by atoms with Crippen LogP contribution in [0.15, 0.2) is 23.1 Å². The van der Waals surface area contributed by atoms with Gasteiger partial charge in [0.25, 0.3) is 0 Å². The number of anilines is 1. The van der Waals surface area contributed by atoms with Gasteiger partial charge < -0.3 is 11.5 Å². The van der Waals surface area contributed by atoms with E-state index in [1.54, 1.807) is 0 Å². The van der Waals surface area contributed by atoms with Gasteiger partial charge in [0.1, 0.15) is 10.7 Å². The number of amides is 1. The van der Waals surface area contributed by atoms with E-state index in [9.17, 15) is 17.6 Å². The molecular weight excluding hydrogens is 249 g/mol. The number of likely N-dealkylation sites (N-methyl/N-ethyl adjacent to an activating group) is 1. The maximum Gasteiger partial charge on any atom is 0.246 e. The molecule has 1 rings (SSSR count). The van der Waals surface area contributed by atoms with Crippen molar-refractivity contribution < 1.29 is 17.6 Å².